The third kappa shape index (κ3) is 2.62. The van der Waals surface area contributed by atoms with E-state index in [2.05, 4.69) is 19.8 Å². The number of hydrogen-bond donors (Lipinski definition) is 0. The first-order valence-corrected chi connectivity index (χ1v) is 8.26. The number of aromatic nitrogens is 4. The Morgan fingerprint density at radius 3 is 2.95 bits per heavy atom. The minimum absolute atomic E-state index is 0.228. The Labute approximate surface area is 137 Å². The summed E-state index contributed by atoms with van der Waals surface area (Å²) in [5, 5.41) is 12.4. The third-order valence-electron chi connectivity index (χ3n) is 2.87. The van der Waals surface area contributed by atoms with Gasteiger partial charge in [0, 0.05) is 22.8 Å². The van der Waals surface area contributed by atoms with Gasteiger partial charge in [0.05, 0.1) is 0 Å². The molecule has 0 bridgehead atoms. The minimum Gasteiger partial charge on any atom is -0.454 e. The molecule has 0 amide bonds. The number of ether oxygens (including phenoxy) is 2. The average molecular weight is 355 g/mol. The fraction of sp³-hybridized carbons (Fsp3) is 0.167. The van der Waals surface area contributed by atoms with Crippen LogP contribution in [-0.4, -0.2) is 26.6 Å². The topological polar surface area (TPSA) is 83.2 Å². The normalized spacial score (nSPS) is 12.8. The van der Waals surface area contributed by atoms with Crippen LogP contribution in [0, 0.1) is 0 Å². The molecular weight excluding hydrogens is 348 g/mol. The lowest BCUT2D eigenvalue weighted by molar-refractivity contribution is 0.174. The molecule has 10 heteroatoms. The summed E-state index contributed by atoms with van der Waals surface area (Å²) in [4.78, 5) is 0. The molecule has 3 aromatic rings. The van der Waals surface area contributed by atoms with E-state index >= 15 is 0 Å². The Morgan fingerprint density at radius 2 is 2.09 bits per heavy atom. The van der Waals surface area contributed by atoms with Crippen molar-refractivity contribution in [1.82, 2.24) is 19.8 Å². The average Bonchev–Trinajstić information content (AvgIpc) is 3.25. The SMILES string of the molecule is Clc1snnc1CSc1nnc(-c2ccc3c(c2)OCO3)o1. The van der Waals surface area contributed by atoms with Gasteiger partial charge in [-0.3, -0.25) is 0 Å². The molecule has 1 aliphatic heterocycles. The molecule has 0 saturated heterocycles. The summed E-state index contributed by atoms with van der Waals surface area (Å²) in [5.74, 6) is 2.33. The Hall–Kier alpha value is -1.84. The van der Waals surface area contributed by atoms with Crippen LogP contribution in [0.4, 0.5) is 0 Å². The predicted octanol–water partition coefficient (Wildman–Crippen LogP) is 3.26. The molecule has 0 atom stereocenters. The van der Waals surface area contributed by atoms with Gasteiger partial charge in [-0.2, -0.15) is 0 Å². The standard InChI is InChI=1S/C12H7ClN4O3S2/c13-10-7(14-17-22-10)4-21-12-16-15-11(20-12)6-1-2-8-9(3-6)19-5-18-8/h1-3H,4-5H2. The summed E-state index contributed by atoms with van der Waals surface area (Å²) in [6.45, 7) is 0.228. The fourth-order valence-corrected chi connectivity index (χ4v) is 3.32. The summed E-state index contributed by atoms with van der Waals surface area (Å²) in [5.41, 5.74) is 1.48. The maximum absolute atomic E-state index is 5.95. The van der Waals surface area contributed by atoms with Gasteiger partial charge in [0.15, 0.2) is 11.5 Å². The lowest BCUT2D eigenvalue weighted by atomic mass is 10.2. The zero-order valence-corrected chi connectivity index (χ0v) is 13.2. The van der Waals surface area contributed by atoms with Gasteiger partial charge in [0.2, 0.25) is 12.7 Å². The monoisotopic (exact) mass is 354 g/mol. The number of thioether (sulfide) groups is 1. The van der Waals surface area contributed by atoms with Crippen LogP contribution in [0.3, 0.4) is 0 Å². The van der Waals surface area contributed by atoms with E-state index in [1.807, 2.05) is 18.2 Å². The van der Waals surface area contributed by atoms with Crippen LogP contribution in [0.1, 0.15) is 5.69 Å². The molecule has 0 spiro atoms. The lowest BCUT2D eigenvalue weighted by Gasteiger charge is -1.97. The molecular formula is C12H7ClN4O3S2. The molecule has 0 saturated carbocycles. The minimum atomic E-state index is 0.228. The molecule has 112 valence electrons. The highest BCUT2D eigenvalue weighted by molar-refractivity contribution is 7.98. The van der Waals surface area contributed by atoms with E-state index in [1.54, 1.807) is 0 Å². The van der Waals surface area contributed by atoms with Gasteiger partial charge < -0.3 is 13.9 Å². The second-order valence-electron chi connectivity index (χ2n) is 4.22. The molecule has 4 rings (SSSR count). The van der Waals surface area contributed by atoms with E-state index in [9.17, 15) is 0 Å². The van der Waals surface area contributed by atoms with E-state index in [0.29, 0.717) is 38.4 Å². The maximum Gasteiger partial charge on any atom is 0.277 e. The van der Waals surface area contributed by atoms with Gasteiger partial charge in [-0.25, -0.2) is 0 Å². The van der Waals surface area contributed by atoms with E-state index in [-0.39, 0.29) is 6.79 Å². The van der Waals surface area contributed by atoms with Crippen molar-refractivity contribution < 1.29 is 13.9 Å². The van der Waals surface area contributed by atoms with Crippen LogP contribution in [0.15, 0.2) is 27.8 Å². The summed E-state index contributed by atoms with van der Waals surface area (Å²) < 4.78 is 20.6. The number of rotatable bonds is 4. The largest absolute Gasteiger partial charge is 0.454 e. The molecule has 1 aliphatic rings. The predicted molar refractivity (Wildman–Crippen MR) is 80.3 cm³/mol. The number of nitrogens with zero attached hydrogens (tertiary/aromatic N) is 4. The van der Waals surface area contributed by atoms with Crippen molar-refractivity contribution in [3.8, 4) is 23.0 Å². The van der Waals surface area contributed by atoms with Gasteiger partial charge in [0.1, 0.15) is 10.0 Å². The van der Waals surface area contributed by atoms with Gasteiger partial charge in [-0.15, -0.1) is 15.3 Å². The van der Waals surface area contributed by atoms with Crippen molar-refractivity contribution in [2.45, 2.75) is 11.0 Å². The van der Waals surface area contributed by atoms with Gasteiger partial charge in [-0.05, 0) is 18.2 Å². The quantitative estimate of drug-likeness (QED) is 0.660. The van der Waals surface area contributed by atoms with Gasteiger partial charge >= 0.3 is 0 Å². The van der Waals surface area contributed by atoms with Crippen LogP contribution in [-0.2, 0) is 5.75 Å². The zero-order chi connectivity index (χ0) is 14.9. The van der Waals surface area contributed by atoms with Crippen molar-refractivity contribution >= 4 is 34.9 Å². The number of halogens is 1. The molecule has 0 fully saturated rings. The Morgan fingerprint density at radius 1 is 1.18 bits per heavy atom. The Balaban J connectivity index is 1.50. The molecule has 1 aromatic carbocycles. The summed E-state index contributed by atoms with van der Waals surface area (Å²) in [6.07, 6.45) is 0. The fourth-order valence-electron chi connectivity index (χ4n) is 1.83. The highest BCUT2D eigenvalue weighted by atomic mass is 35.5. The molecule has 3 heterocycles. The second-order valence-corrected chi connectivity index (χ2v) is 6.51. The van der Waals surface area contributed by atoms with E-state index in [1.165, 1.54) is 11.8 Å². The number of benzene rings is 1. The van der Waals surface area contributed by atoms with Crippen molar-refractivity contribution in [3.63, 3.8) is 0 Å². The Kier molecular flexibility index (Phi) is 3.60. The molecule has 2 aromatic heterocycles. The highest BCUT2D eigenvalue weighted by Crippen LogP contribution is 2.36. The molecule has 0 radical (unpaired) electrons. The number of fused-ring (bicyclic) bond motifs is 1. The van der Waals surface area contributed by atoms with Gasteiger partial charge in [0.25, 0.3) is 5.22 Å². The zero-order valence-electron chi connectivity index (χ0n) is 10.9. The van der Waals surface area contributed by atoms with E-state index < -0.39 is 0 Å². The maximum atomic E-state index is 5.95. The summed E-state index contributed by atoms with van der Waals surface area (Å²) in [6, 6.07) is 5.47. The van der Waals surface area contributed by atoms with Crippen molar-refractivity contribution in [2.24, 2.45) is 0 Å². The van der Waals surface area contributed by atoms with E-state index in [0.717, 1.165) is 17.1 Å². The highest BCUT2D eigenvalue weighted by Gasteiger charge is 2.17. The van der Waals surface area contributed by atoms with Gasteiger partial charge in [-0.1, -0.05) is 27.9 Å². The smallest absolute Gasteiger partial charge is 0.277 e. The van der Waals surface area contributed by atoms with Crippen LogP contribution in [0.25, 0.3) is 11.5 Å². The first kappa shape index (κ1) is 13.8. The van der Waals surface area contributed by atoms with E-state index in [4.69, 9.17) is 25.5 Å². The van der Waals surface area contributed by atoms with Crippen LogP contribution < -0.4 is 9.47 Å². The van der Waals surface area contributed by atoms with Crippen LogP contribution >= 0.6 is 34.9 Å². The summed E-state index contributed by atoms with van der Waals surface area (Å²) in [7, 11) is 0. The third-order valence-corrected chi connectivity index (χ3v) is 4.68. The van der Waals surface area contributed by atoms with Crippen molar-refractivity contribution in [2.75, 3.05) is 6.79 Å². The van der Waals surface area contributed by atoms with Crippen molar-refractivity contribution in [1.29, 1.82) is 0 Å². The number of hydrogen-bond acceptors (Lipinski definition) is 9. The molecule has 7 nitrogen and oxygen atoms in total. The van der Waals surface area contributed by atoms with Crippen LogP contribution in [0.5, 0.6) is 11.5 Å². The summed E-state index contributed by atoms with van der Waals surface area (Å²) >= 11 is 8.46. The molecule has 0 unspecified atom stereocenters. The molecule has 0 N–H and O–H groups in total. The second kappa shape index (κ2) is 5.75. The molecule has 0 aliphatic carbocycles. The lowest BCUT2D eigenvalue weighted by Crippen LogP contribution is -1.92. The van der Waals surface area contributed by atoms with Crippen molar-refractivity contribution in [3.05, 3.63) is 28.2 Å². The molecule has 22 heavy (non-hydrogen) atoms. The first-order chi connectivity index (χ1) is 10.8. The Bertz CT molecular complexity index is 822. The first-order valence-electron chi connectivity index (χ1n) is 6.12. The van der Waals surface area contributed by atoms with Crippen LogP contribution in [0.2, 0.25) is 4.34 Å².